The number of hydrogen-bond acceptors (Lipinski definition) is 3. The van der Waals surface area contributed by atoms with Gasteiger partial charge in [0.1, 0.15) is 6.54 Å². The van der Waals surface area contributed by atoms with Gasteiger partial charge in [0.25, 0.3) is 0 Å². The van der Waals surface area contributed by atoms with Gasteiger partial charge in [0.05, 0.1) is 11.9 Å². The molecule has 1 rings (SSSR count). The molecule has 1 N–H and O–H groups in total. The molecule has 1 aromatic rings. The predicted octanol–water partition coefficient (Wildman–Crippen LogP) is 2.33. The van der Waals surface area contributed by atoms with E-state index < -0.39 is 10.0 Å². The SMILES string of the molecule is CCC(C)NC(=O)CN(c1ccc(Cl)cc1C)S(C)(=O)=O. The molecule has 0 aliphatic heterocycles. The minimum Gasteiger partial charge on any atom is -0.352 e. The van der Waals surface area contributed by atoms with E-state index in [1.807, 2.05) is 13.8 Å². The van der Waals surface area contributed by atoms with Crippen LogP contribution in [0.15, 0.2) is 18.2 Å². The number of anilines is 1. The lowest BCUT2D eigenvalue weighted by molar-refractivity contribution is -0.120. The predicted molar refractivity (Wildman–Crippen MR) is 86.3 cm³/mol. The molecule has 0 saturated carbocycles. The molecule has 0 bridgehead atoms. The minimum absolute atomic E-state index is 0.00484. The fraction of sp³-hybridized carbons (Fsp3) is 0.500. The first-order valence-electron chi connectivity index (χ1n) is 6.68. The first-order chi connectivity index (χ1) is 9.65. The summed E-state index contributed by atoms with van der Waals surface area (Å²) in [5.41, 5.74) is 1.16. The Balaban J connectivity index is 3.05. The lowest BCUT2D eigenvalue weighted by Crippen LogP contribution is -2.43. The second kappa shape index (κ2) is 7.13. The van der Waals surface area contributed by atoms with Gasteiger partial charge in [-0.05, 0) is 44.0 Å². The van der Waals surface area contributed by atoms with Crippen molar-refractivity contribution in [2.45, 2.75) is 33.2 Å². The molecule has 118 valence electrons. The maximum atomic E-state index is 12.0. The van der Waals surface area contributed by atoms with Gasteiger partial charge < -0.3 is 5.32 Å². The number of aryl methyl sites for hydroxylation is 1. The quantitative estimate of drug-likeness (QED) is 0.869. The van der Waals surface area contributed by atoms with E-state index in [0.29, 0.717) is 16.3 Å². The van der Waals surface area contributed by atoms with E-state index in [9.17, 15) is 13.2 Å². The topological polar surface area (TPSA) is 66.5 Å². The molecule has 0 aliphatic carbocycles. The molecular weight excluding hydrogens is 312 g/mol. The van der Waals surface area contributed by atoms with Gasteiger partial charge in [-0.15, -0.1) is 0 Å². The van der Waals surface area contributed by atoms with Crippen molar-refractivity contribution >= 4 is 33.2 Å². The molecule has 21 heavy (non-hydrogen) atoms. The number of sulfonamides is 1. The highest BCUT2D eigenvalue weighted by Gasteiger charge is 2.22. The van der Waals surface area contributed by atoms with Crippen molar-refractivity contribution in [2.75, 3.05) is 17.1 Å². The maximum Gasteiger partial charge on any atom is 0.240 e. The number of nitrogens with one attached hydrogen (secondary N) is 1. The Hall–Kier alpha value is -1.27. The van der Waals surface area contributed by atoms with Gasteiger partial charge in [-0.3, -0.25) is 9.10 Å². The Morgan fingerprint density at radius 1 is 1.43 bits per heavy atom. The van der Waals surface area contributed by atoms with Crippen molar-refractivity contribution in [3.8, 4) is 0 Å². The third-order valence-corrected chi connectivity index (χ3v) is 4.50. The standard InChI is InChI=1S/C14H21ClN2O3S/c1-5-11(3)16-14(18)9-17(21(4,19)20)13-7-6-12(15)8-10(13)2/h6-8,11H,5,9H2,1-4H3,(H,16,18). The number of rotatable bonds is 6. The average molecular weight is 333 g/mol. The first-order valence-corrected chi connectivity index (χ1v) is 8.91. The molecular formula is C14H21ClN2O3S. The molecule has 0 aliphatic rings. The minimum atomic E-state index is -3.56. The molecule has 0 saturated heterocycles. The second-order valence-electron chi connectivity index (χ2n) is 5.08. The van der Waals surface area contributed by atoms with Crippen LogP contribution in [0.2, 0.25) is 5.02 Å². The average Bonchev–Trinajstić information content (AvgIpc) is 2.35. The number of halogens is 1. The zero-order valence-electron chi connectivity index (χ0n) is 12.7. The lowest BCUT2D eigenvalue weighted by atomic mass is 10.2. The van der Waals surface area contributed by atoms with E-state index in [1.165, 1.54) is 0 Å². The fourth-order valence-electron chi connectivity index (χ4n) is 1.83. The zero-order valence-corrected chi connectivity index (χ0v) is 14.3. The molecule has 1 amide bonds. The van der Waals surface area contributed by atoms with Crippen molar-refractivity contribution in [1.29, 1.82) is 0 Å². The summed E-state index contributed by atoms with van der Waals surface area (Å²) in [7, 11) is -3.56. The molecule has 1 unspecified atom stereocenters. The summed E-state index contributed by atoms with van der Waals surface area (Å²) in [5, 5.41) is 3.28. The number of carbonyl (C=O) groups is 1. The van der Waals surface area contributed by atoms with Crippen LogP contribution in [0.4, 0.5) is 5.69 Å². The van der Waals surface area contributed by atoms with E-state index in [-0.39, 0.29) is 18.5 Å². The molecule has 5 nitrogen and oxygen atoms in total. The number of carbonyl (C=O) groups excluding carboxylic acids is 1. The summed E-state index contributed by atoms with van der Waals surface area (Å²) in [5.74, 6) is -0.330. The second-order valence-corrected chi connectivity index (χ2v) is 7.42. The van der Waals surface area contributed by atoms with Crippen LogP contribution < -0.4 is 9.62 Å². The van der Waals surface area contributed by atoms with Gasteiger partial charge in [-0.25, -0.2) is 8.42 Å². The Labute approximate surface area is 131 Å². The molecule has 0 radical (unpaired) electrons. The largest absolute Gasteiger partial charge is 0.352 e. The Kier molecular flexibility index (Phi) is 6.04. The highest BCUT2D eigenvalue weighted by atomic mass is 35.5. The van der Waals surface area contributed by atoms with Crippen molar-refractivity contribution in [1.82, 2.24) is 5.32 Å². The van der Waals surface area contributed by atoms with Gasteiger partial charge in [0.2, 0.25) is 15.9 Å². The Bertz CT molecular complexity index is 617. The first kappa shape index (κ1) is 17.8. The molecule has 1 atom stereocenters. The van der Waals surface area contributed by atoms with Crippen molar-refractivity contribution in [3.05, 3.63) is 28.8 Å². The van der Waals surface area contributed by atoms with Crippen LogP contribution in [-0.4, -0.2) is 33.2 Å². The molecule has 0 heterocycles. The third-order valence-electron chi connectivity index (χ3n) is 3.13. The van der Waals surface area contributed by atoms with E-state index >= 15 is 0 Å². The van der Waals surface area contributed by atoms with Crippen LogP contribution in [0.3, 0.4) is 0 Å². The van der Waals surface area contributed by atoms with E-state index in [1.54, 1.807) is 25.1 Å². The summed E-state index contributed by atoms with van der Waals surface area (Å²) in [6.45, 7) is 5.33. The summed E-state index contributed by atoms with van der Waals surface area (Å²) < 4.78 is 25.0. The van der Waals surface area contributed by atoms with Crippen LogP contribution in [0.25, 0.3) is 0 Å². The highest BCUT2D eigenvalue weighted by molar-refractivity contribution is 7.92. The van der Waals surface area contributed by atoms with Gasteiger partial charge in [0, 0.05) is 11.1 Å². The van der Waals surface area contributed by atoms with E-state index in [0.717, 1.165) is 17.0 Å². The molecule has 7 heteroatoms. The van der Waals surface area contributed by atoms with Gasteiger partial charge >= 0.3 is 0 Å². The van der Waals surface area contributed by atoms with Crippen LogP contribution in [0.1, 0.15) is 25.8 Å². The van der Waals surface area contributed by atoms with Gasteiger partial charge in [-0.1, -0.05) is 18.5 Å². The normalized spacial score (nSPS) is 12.8. The highest BCUT2D eigenvalue weighted by Crippen LogP contribution is 2.25. The third kappa shape index (κ3) is 5.21. The van der Waals surface area contributed by atoms with Crippen LogP contribution in [0, 0.1) is 6.92 Å². The summed E-state index contributed by atoms with van der Waals surface area (Å²) in [4.78, 5) is 12.0. The van der Waals surface area contributed by atoms with Crippen LogP contribution in [0.5, 0.6) is 0 Å². The summed E-state index contributed by atoms with van der Waals surface area (Å²) in [6, 6.07) is 4.89. The Morgan fingerprint density at radius 3 is 2.52 bits per heavy atom. The molecule has 0 fully saturated rings. The summed E-state index contributed by atoms with van der Waals surface area (Å²) in [6.07, 6.45) is 1.86. The maximum absolute atomic E-state index is 12.0. The number of amides is 1. The van der Waals surface area contributed by atoms with Crippen molar-refractivity contribution in [2.24, 2.45) is 0 Å². The zero-order chi connectivity index (χ0) is 16.2. The number of benzene rings is 1. The van der Waals surface area contributed by atoms with Gasteiger partial charge in [-0.2, -0.15) is 0 Å². The fourth-order valence-corrected chi connectivity index (χ4v) is 2.97. The van der Waals surface area contributed by atoms with Crippen LogP contribution in [-0.2, 0) is 14.8 Å². The van der Waals surface area contributed by atoms with Gasteiger partial charge in [0.15, 0.2) is 0 Å². The van der Waals surface area contributed by atoms with E-state index in [4.69, 9.17) is 11.6 Å². The molecule has 0 aromatic heterocycles. The summed E-state index contributed by atoms with van der Waals surface area (Å²) >= 11 is 5.88. The number of nitrogens with zero attached hydrogens (tertiary/aromatic N) is 1. The monoisotopic (exact) mass is 332 g/mol. The van der Waals surface area contributed by atoms with Crippen LogP contribution >= 0.6 is 11.6 Å². The molecule has 1 aromatic carbocycles. The van der Waals surface area contributed by atoms with Crippen molar-refractivity contribution < 1.29 is 13.2 Å². The lowest BCUT2D eigenvalue weighted by Gasteiger charge is -2.24. The Morgan fingerprint density at radius 2 is 2.05 bits per heavy atom. The molecule has 0 spiro atoms. The number of hydrogen-bond donors (Lipinski definition) is 1. The smallest absolute Gasteiger partial charge is 0.240 e. The van der Waals surface area contributed by atoms with Crippen molar-refractivity contribution in [3.63, 3.8) is 0 Å². The van der Waals surface area contributed by atoms with E-state index in [2.05, 4.69) is 5.32 Å².